The van der Waals surface area contributed by atoms with Crippen molar-refractivity contribution in [3.8, 4) is 11.5 Å². The van der Waals surface area contributed by atoms with Crippen molar-refractivity contribution in [1.82, 2.24) is 9.78 Å². The number of nitrogens with zero attached hydrogens (tertiary/aromatic N) is 2. The molecule has 1 N–H and O–H groups in total. The van der Waals surface area contributed by atoms with Crippen molar-refractivity contribution < 1.29 is 28.8 Å². The average molecular weight is 685 g/mol. The van der Waals surface area contributed by atoms with Gasteiger partial charge in [-0.3, -0.25) is 4.68 Å². The molecule has 5 aromatic carbocycles. The Balaban J connectivity index is 1.36. The minimum Gasteiger partial charge on any atom is -0.497 e. The number of aryl methyl sites for hydroxylation is 1. The predicted octanol–water partition coefficient (Wildman–Crippen LogP) is 7.65. The summed E-state index contributed by atoms with van der Waals surface area (Å²) >= 11 is 0. The molecule has 0 radical (unpaired) electrons. The van der Waals surface area contributed by atoms with E-state index in [1.54, 1.807) is 25.1 Å². The van der Waals surface area contributed by atoms with Crippen LogP contribution in [0.2, 0.25) is 0 Å². The highest BCUT2D eigenvalue weighted by atomic mass is 16.6. The average Bonchev–Trinajstić information content (AvgIpc) is 3.63. The first-order valence-electron chi connectivity index (χ1n) is 17.0. The molecular weight excluding hydrogens is 640 g/mol. The van der Waals surface area contributed by atoms with E-state index in [4.69, 9.17) is 23.7 Å². The molecule has 3 atom stereocenters. The van der Waals surface area contributed by atoms with Gasteiger partial charge in [0.05, 0.1) is 40.2 Å². The third-order valence-electron chi connectivity index (χ3n) is 8.93. The summed E-state index contributed by atoms with van der Waals surface area (Å²) in [5.74, 6) is 1.51. The van der Waals surface area contributed by atoms with Crippen LogP contribution in [0.25, 0.3) is 0 Å². The zero-order valence-corrected chi connectivity index (χ0v) is 29.2. The summed E-state index contributed by atoms with van der Waals surface area (Å²) in [4.78, 5) is 0. The zero-order valence-electron chi connectivity index (χ0n) is 29.2. The Morgan fingerprint density at radius 1 is 0.627 bits per heavy atom. The molecule has 0 unspecified atom stereocenters. The summed E-state index contributed by atoms with van der Waals surface area (Å²) in [6.07, 6.45) is 0.961. The van der Waals surface area contributed by atoms with Crippen molar-refractivity contribution in [1.29, 1.82) is 0 Å². The lowest BCUT2D eigenvalue weighted by Crippen LogP contribution is -2.42. The minimum atomic E-state index is -1.13. The molecule has 0 aliphatic heterocycles. The van der Waals surface area contributed by atoms with Gasteiger partial charge in [-0.1, -0.05) is 115 Å². The van der Waals surface area contributed by atoms with Crippen LogP contribution in [0.5, 0.6) is 11.5 Å². The molecule has 1 heterocycles. The zero-order chi connectivity index (χ0) is 35.5. The van der Waals surface area contributed by atoms with E-state index in [9.17, 15) is 5.11 Å². The van der Waals surface area contributed by atoms with Crippen LogP contribution in [0.3, 0.4) is 0 Å². The molecule has 6 rings (SSSR count). The third-order valence-corrected chi connectivity index (χ3v) is 8.93. The third kappa shape index (κ3) is 8.56. The van der Waals surface area contributed by atoms with Gasteiger partial charge in [-0.15, -0.1) is 0 Å². The van der Waals surface area contributed by atoms with E-state index in [0.29, 0.717) is 0 Å². The Morgan fingerprint density at radius 3 is 1.49 bits per heavy atom. The van der Waals surface area contributed by atoms with E-state index >= 15 is 0 Å². The van der Waals surface area contributed by atoms with Gasteiger partial charge in [0.2, 0.25) is 0 Å². The van der Waals surface area contributed by atoms with Crippen LogP contribution in [0, 0.1) is 0 Å². The molecule has 1 aromatic heterocycles. The first kappa shape index (κ1) is 35.6. The largest absolute Gasteiger partial charge is 0.497 e. The van der Waals surface area contributed by atoms with Crippen LogP contribution in [-0.4, -0.2) is 47.9 Å². The molecule has 0 saturated carbocycles. The molecular formula is C43H44N2O6. The van der Waals surface area contributed by atoms with Gasteiger partial charge < -0.3 is 28.8 Å². The van der Waals surface area contributed by atoms with Crippen LogP contribution >= 0.6 is 0 Å². The minimum absolute atomic E-state index is 0.0748. The second kappa shape index (κ2) is 17.1. The SMILES string of the molecule is COc1ccc(CO[C@H]([C@H](O)COC(c2ccccc2)(c2ccccc2)c2ccccc2)[C@H](OCc2ccc(OC)cc2)c2cnn(C)c2)cc1. The molecule has 0 aliphatic rings. The summed E-state index contributed by atoms with van der Waals surface area (Å²) in [6.45, 7) is 0.408. The van der Waals surface area contributed by atoms with Crippen LogP contribution < -0.4 is 9.47 Å². The Bertz CT molecular complexity index is 1800. The van der Waals surface area contributed by atoms with Crippen molar-refractivity contribution in [3.05, 3.63) is 185 Å². The lowest BCUT2D eigenvalue weighted by molar-refractivity contribution is -0.158. The number of benzene rings is 5. The first-order chi connectivity index (χ1) is 25.0. The molecule has 51 heavy (non-hydrogen) atoms. The molecule has 262 valence electrons. The molecule has 6 aromatic rings. The maximum absolute atomic E-state index is 12.3. The smallest absolute Gasteiger partial charge is 0.143 e. The lowest BCUT2D eigenvalue weighted by atomic mass is 9.80. The summed E-state index contributed by atoms with van der Waals surface area (Å²) in [7, 11) is 5.13. The van der Waals surface area contributed by atoms with Crippen LogP contribution in [0.1, 0.15) is 39.5 Å². The fourth-order valence-electron chi connectivity index (χ4n) is 6.26. The van der Waals surface area contributed by atoms with Gasteiger partial charge >= 0.3 is 0 Å². The molecule has 8 heteroatoms. The highest BCUT2D eigenvalue weighted by Gasteiger charge is 2.40. The Hall–Kier alpha value is -5.25. The van der Waals surface area contributed by atoms with Gasteiger partial charge in [-0.05, 0) is 52.1 Å². The Kier molecular flexibility index (Phi) is 11.9. The summed E-state index contributed by atoms with van der Waals surface area (Å²) in [5.41, 5.74) is 4.41. The fourth-order valence-corrected chi connectivity index (χ4v) is 6.26. The molecule has 0 saturated heterocycles. The van der Waals surface area contributed by atoms with Crippen molar-refractivity contribution in [2.24, 2.45) is 7.05 Å². The van der Waals surface area contributed by atoms with Crippen LogP contribution in [0.15, 0.2) is 152 Å². The number of hydrogen-bond donors (Lipinski definition) is 1. The van der Waals surface area contributed by atoms with E-state index in [1.807, 2.05) is 116 Å². The molecule has 0 fully saturated rings. The van der Waals surface area contributed by atoms with Gasteiger partial charge in [0.1, 0.15) is 35.4 Å². The van der Waals surface area contributed by atoms with Gasteiger partial charge in [0, 0.05) is 18.8 Å². The highest BCUT2D eigenvalue weighted by Crippen LogP contribution is 2.41. The van der Waals surface area contributed by atoms with E-state index in [1.165, 1.54) is 0 Å². The number of ether oxygens (including phenoxy) is 5. The monoisotopic (exact) mass is 684 g/mol. The maximum Gasteiger partial charge on any atom is 0.143 e. The second-order valence-corrected chi connectivity index (χ2v) is 12.3. The van der Waals surface area contributed by atoms with Crippen molar-refractivity contribution in [2.75, 3.05) is 20.8 Å². The topological polar surface area (TPSA) is 84.2 Å². The normalized spacial score (nSPS) is 13.3. The van der Waals surface area contributed by atoms with Crippen molar-refractivity contribution in [3.63, 3.8) is 0 Å². The Morgan fingerprint density at radius 2 is 1.08 bits per heavy atom. The van der Waals surface area contributed by atoms with E-state index in [0.717, 1.165) is 44.9 Å². The number of aliphatic hydroxyl groups is 1. The van der Waals surface area contributed by atoms with Gasteiger partial charge in [0.25, 0.3) is 0 Å². The maximum atomic E-state index is 12.3. The number of rotatable bonds is 17. The lowest BCUT2D eigenvalue weighted by Gasteiger charge is -2.38. The fraction of sp³-hybridized carbons (Fsp3) is 0.233. The number of methoxy groups -OCH3 is 2. The van der Waals surface area contributed by atoms with E-state index < -0.39 is 23.9 Å². The van der Waals surface area contributed by atoms with E-state index in [-0.39, 0.29) is 19.8 Å². The van der Waals surface area contributed by atoms with Crippen LogP contribution in [0.4, 0.5) is 0 Å². The van der Waals surface area contributed by atoms with Crippen molar-refractivity contribution in [2.45, 2.75) is 37.1 Å². The quantitative estimate of drug-likeness (QED) is 0.0989. The Labute approximate surface area is 299 Å². The molecule has 8 nitrogen and oxygen atoms in total. The molecule has 0 bridgehead atoms. The molecule has 0 aliphatic carbocycles. The second-order valence-electron chi connectivity index (χ2n) is 12.3. The molecule has 0 spiro atoms. The van der Waals surface area contributed by atoms with Gasteiger partial charge in [-0.25, -0.2) is 0 Å². The highest BCUT2D eigenvalue weighted by molar-refractivity contribution is 5.47. The summed E-state index contributed by atoms with van der Waals surface area (Å²) in [6, 6.07) is 45.7. The van der Waals surface area contributed by atoms with E-state index in [2.05, 4.69) is 41.5 Å². The standard InChI is InChI=1S/C43H44N2O6/c1-45-28-34(27-44-45)41(49-29-32-19-23-38(47-2)24-20-32)42(50-30-33-21-25-39(48-3)26-22-33)40(46)31-51-43(35-13-7-4-8-14-35,36-15-9-5-10-16-36)37-17-11-6-12-18-37/h4-28,40-42,46H,29-31H2,1-3H3/t40-,41-,42-/m1/s1. The van der Waals surface area contributed by atoms with Crippen molar-refractivity contribution >= 4 is 0 Å². The number of aromatic nitrogens is 2. The first-order valence-corrected chi connectivity index (χ1v) is 17.0. The van der Waals surface area contributed by atoms with Gasteiger partial charge in [-0.2, -0.15) is 5.10 Å². The van der Waals surface area contributed by atoms with Gasteiger partial charge in [0.15, 0.2) is 0 Å². The number of aliphatic hydroxyl groups excluding tert-OH is 1. The van der Waals surface area contributed by atoms with Crippen LogP contribution in [-0.2, 0) is 40.1 Å². The summed E-state index contributed by atoms with van der Waals surface area (Å²) < 4.78 is 32.8. The summed E-state index contributed by atoms with van der Waals surface area (Å²) in [5, 5.41) is 16.7. The number of hydrogen-bond acceptors (Lipinski definition) is 7. The predicted molar refractivity (Wildman–Crippen MR) is 196 cm³/mol. The molecule has 0 amide bonds.